The Labute approximate surface area is 111 Å². The van der Waals surface area contributed by atoms with Crippen molar-refractivity contribution in [2.24, 2.45) is 5.41 Å². The van der Waals surface area contributed by atoms with Crippen LogP contribution in [0.1, 0.15) is 25.4 Å². The number of rotatable bonds is 5. The van der Waals surface area contributed by atoms with E-state index in [1.165, 1.54) is 0 Å². The van der Waals surface area contributed by atoms with Crippen molar-refractivity contribution < 1.29 is 14.7 Å². The van der Waals surface area contributed by atoms with E-state index in [1.54, 1.807) is 33.0 Å². The predicted octanol–water partition coefficient (Wildman–Crippen LogP) is 0.695. The maximum absolute atomic E-state index is 11.5. The third kappa shape index (κ3) is 4.90. The minimum absolute atomic E-state index is 0.0525. The summed E-state index contributed by atoms with van der Waals surface area (Å²) in [4.78, 5) is 30.5. The third-order valence-corrected chi connectivity index (χ3v) is 2.53. The molecule has 7 nitrogen and oxygen atoms in total. The number of carboxylic acids is 1. The van der Waals surface area contributed by atoms with Crippen molar-refractivity contribution in [3.63, 3.8) is 0 Å². The number of carbonyl (C=O) groups is 2. The monoisotopic (exact) mass is 266 g/mol. The maximum atomic E-state index is 11.5. The lowest BCUT2D eigenvalue weighted by molar-refractivity contribution is -0.146. The zero-order chi connectivity index (χ0) is 14.5. The smallest absolute Gasteiger partial charge is 0.315 e. The van der Waals surface area contributed by atoms with Gasteiger partial charge in [-0.1, -0.05) is 0 Å². The van der Waals surface area contributed by atoms with Gasteiger partial charge in [-0.2, -0.15) is 0 Å². The van der Waals surface area contributed by atoms with E-state index in [4.69, 9.17) is 5.11 Å². The Bertz CT molecular complexity index is 474. The van der Waals surface area contributed by atoms with Crippen LogP contribution in [0.15, 0.2) is 12.3 Å². The third-order valence-electron chi connectivity index (χ3n) is 2.53. The lowest BCUT2D eigenvalue weighted by Crippen LogP contribution is -2.43. The molecule has 1 rings (SSSR count). The Morgan fingerprint density at radius 3 is 2.63 bits per heavy atom. The van der Waals surface area contributed by atoms with Gasteiger partial charge in [-0.05, 0) is 26.8 Å². The summed E-state index contributed by atoms with van der Waals surface area (Å²) in [5.74, 6) is -0.328. The molecular formula is C12H18N4O3. The number of urea groups is 1. The molecule has 104 valence electrons. The molecule has 0 atom stereocenters. The summed E-state index contributed by atoms with van der Waals surface area (Å²) in [7, 11) is 0. The molecular weight excluding hydrogens is 248 g/mol. The lowest BCUT2D eigenvalue weighted by Gasteiger charge is -2.19. The fraction of sp³-hybridized carbons (Fsp3) is 0.500. The van der Waals surface area contributed by atoms with Gasteiger partial charge < -0.3 is 15.7 Å². The van der Waals surface area contributed by atoms with Crippen LogP contribution in [-0.2, 0) is 11.3 Å². The van der Waals surface area contributed by atoms with E-state index in [-0.39, 0.29) is 13.1 Å². The number of nitrogens with zero attached hydrogens (tertiary/aromatic N) is 2. The van der Waals surface area contributed by atoms with Gasteiger partial charge in [-0.25, -0.2) is 14.8 Å². The predicted molar refractivity (Wildman–Crippen MR) is 68.4 cm³/mol. The van der Waals surface area contributed by atoms with Crippen LogP contribution in [0.3, 0.4) is 0 Å². The minimum Gasteiger partial charge on any atom is -0.481 e. The number of aryl methyl sites for hydroxylation is 1. The molecule has 1 aromatic rings. The zero-order valence-corrected chi connectivity index (χ0v) is 11.2. The number of hydrogen-bond donors (Lipinski definition) is 3. The molecule has 0 saturated carbocycles. The second-order valence-corrected chi connectivity index (χ2v) is 4.82. The van der Waals surface area contributed by atoms with E-state index in [1.807, 2.05) is 0 Å². The molecule has 0 bridgehead atoms. The first-order valence-electron chi connectivity index (χ1n) is 5.85. The van der Waals surface area contributed by atoms with E-state index in [0.29, 0.717) is 11.5 Å². The molecule has 0 radical (unpaired) electrons. The summed E-state index contributed by atoms with van der Waals surface area (Å²) < 4.78 is 0. The van der Waals surface area contributed by atoms with Crippen LogP contribution in [0, 0.1) is 12.3 Å². The Kier molecular flexibility index (Phi) is 4.80. The van der Waals surface area contributed by atoms with E-state index in [2.05, 4.69) is 20.6 Å². The molecule has 2 amide bonds. The first kappa shape index (κ1) is 14.9. The van der Waals surface area contributed by atoms with Crippen molar-refractivity contribution in [3.05, 3.63) is 23.8 Å². The molecule has 0 saturated heterocycles. The van der Waals surface area contributed by atoms with Gasteiger partial charge in [0.15, 0.2) is 0 Å². The normalized spacial score (nSPS) is 10.9. The summed E-state index contributed by atoms with van der Waals surface area (Å²) >= 11 is 0. The van der Waals surface area contributed by atoms with Gasteiger partial charge in [0.2, 0.25) is 0 Å². The number of aliphatic carboxylic acids is 1. The quantitative estimate of drug-likeness (QED) is 0.727. The molecule has 19 heavy (non-hydrogen) atoms. The average molecular weight is 266 g/mol. The van der Waals surface area contributed by atoms with E-state index in [9.17, 15) is 9.59 Å². The largest absolute Gasteiger partial charge is 0.481 e. The number of aromatic nitrogens is 2. The highest BCUT2D eigenvalue weighted by molar-refractivity contribution is 5.77. The number of amides is 2. The minimum atomic E-state index is -0.997. The number of carbonyl (C=O) groups excluding carboxylic acids is 1. The number of hydrogen-bond acceptors (Lipinski definition) is 4. The lowest BCUT2D eigenvalue weighted by atomic mass is 9.94. The Morgan fingerprint density at radius 2 is 2.05 bits per heavy atom. The zero-order valence-electron chi connectivity index (χ0n) is 11.2. The van der Waals surface area contributed by atoms with Crippen molar-refractivity contribution in [1.29, 1.82) is 0 Å². The van der Waals surface area contributed by atoms with Crippen molar-refractivity contribution in [2.45, 2.75) is 27.3 Å². The van der Waals surface area contributed by atoms with Crippen LogP contribution in [-0.4, -0.2) is 33.6 Å². The molecule has 0 fully saturated rings. The van der Waals surface area contributed by atoms with E-state index >= 15 is 0 Å². The molecule has 7 heteroatoms. The molecule has 1 heterocycles. The van der Waals surface area contributed by atoms with Gasteiger partial charge in [-0.15, -0.1) is 0 Å². The fourth-order valence-electron chi connectivity index (χ4n) is 1.21. The summed E-state index contributed by atoms with van der Waals surface area (Å²) in [5.41, 5.74) is -0.303. The van der Waals surface area contributed by atoms with Crippen molar-refractivity contribution in [2.75, 3.05) is 6.54 Å². The standard InChI is InChI=1S/C12H18N4O3/c1-8-13-5-4-9(16-8)6-14-11(19)15-7-12(2,3)10(17)18/h4-5H,6-7H2,1-3H3,(H,17,18)(H2,14,15,19). The van der Waals surface area contributed by atoms with Crippen molar-refractivity contribution in [3.8, 4) is 0 Å². The molecule has 0 spiro atoms. The number of carboxylic acid groups (broad SMARTS) is 1. The SMILES string of the molecule is Cc1nccc(CNC(=O)NCC(C)(C)C(=O)O)n1. The Balaban J connectivity index is 2.39. The summed E-state index contributed by atoms with van der Waals surface area (Å²) in [6, 6.07) is 1.28. The maximum Gasteiger partial charge on any atom is 0.315 e. The van der Waals surface area contributed by atoms with Crippen LogP contribution >= 0.6 is 0 Å². The molecule has 0 aliphatic heterocycles. The Hall–Kier alpha value is -2.18. The first-order valence-corrected chi connectivity index (χ1v) is 5.85. The molecule has 0 aliphatic carbocycles. The number of nitrogens with one attached hydrogen (secondary N) is 2. The van der Waals surface area contributed by atoms with Crippen LogP contribution in [0.2, 0.25) is 0 Å². The van der Waals surface area contributed by atoms with Gasteiger partial charge in [0.25, 0.3) is 0 Å². The van der Waals surface area contributed by atoms with Gasteiger partial charge in [0, 0.05) is 12.7 Å². The van der Waals surface area contributed by atoms with Crippen LogP contribution in [0.5, 0.6) is 0 Å². The molecule has 0 aliphatic rings. The van der Waals surface area contributed by atoms with Crippen molar-refractivity contribution >= 4 is 12.0 Å². The molecule has 3 N–H and O–H groups in total. The highest BCUT2D eigenvalue weighted by atomic mass is 16.4. The second-order valence-electron chi connectivity index (χ2n) is 4.82. The fourth-order valence-corrected chi connectivity index (χ4v) is 1.21. The van der Waals surface area contributed by atoms with E-state index < -0.39 is 17.4 Å². The highest BCUT2D eigenvalue weighted by Crippen LogP contribution is 2.12. The molecule has 0 unspecified atom stereocenters. The Morgan fingerprint density at radius 1 is 1.37 bits per heavy atom. The highest BCUT2D eigenvalue weighted by Gasteiger charge is 2.27. The van der Waals surface area contributed by atoms with Gasteiger partial charge in [0.1, 0.15) is 5.82 Å². The summed E-state index contributed by atoms with van der Waals surface area (Å²) in [6.07, 6.45) is 1.62. The van der Waals surface area contributed by atoms with Crippen molar-refractivity contribution in [1.82, 2.24) is 20.6 Å². The van der Waals surface area contributed by atoms with E-state index in [0.717, 1.165) is 0 Å². The molecule has 1 aromatic heterocycles. The second kappa shape index (κ2) is 6.12. The first-order chi connectivity index (χ1) is 8.81. The average Bonchev–Trinajstić information content (AvgIpc) is 2.34. The van der Waals surface area contributed by atoms with Gasteiger partial charge >= 0.3 is 12.0 Å². The van der Waals surface area contributed by atoms with Gasteiger partial charge in [-0.3, -0.25) is 4.79 Å². The van der Waals surface area contributed by atoms with Crippen LogP contribution in [0.4, 0.5) is 4.79 Å². The van der Waals surface area contributed by atoms with Crippen LogP contribution in [0.25, 0.3) is 0 Å². The topological polar surface area (TPSA) is 104 Å². The van der Waals surface area contributed by atoms with Crippen LogP contribution < -0.4 is 10.6 Å². The molecule has 0 aromatic carbocycles. The summed E-state index contributed by atoms with van der Waals surface area (Å²) in [6.45, 7) is 5.17. The summed E-state index contributed by atoms with van der Waals surface area (Å²) in [5, 5.41) is 14.0. The van der Waals surface area contributed by atoms with Gasteiger partial charge in [0.05, 0.1) is 17.7 Å².